The Morgan fingerprint density at radius 2 is 2.29 bits per heavy atom. The van der Waals surface area contributed by atoms with E-state index in [0.717, 1.165) is 16.9 Å². The Morgan fingerprint density at radius 3 is 2.79 bits per heavy atom. The average Bonchev–Trinajstić information content (AvgIpc) is 2.18. The van der Waals surface area contributed by atoms with Crippen molar-refractivity contribution in [2.75, 3.05) is 7.11 Å². The number of aliphatic hydroxyl groups excluding tert-OH is 1. The number of ether oxygens (including phenoxy) is 1. The van der Waals surface area contributed by atoms with Gasteiger partial charge in [0.05, 0.1) is 13.2 Å². The molecule has 0 fully saturated rings. The second-order valence-electron chi connectivity index (χ2n) is 3.15. The summed E-state index contributed by atoms with van der Waals surface area (Å²) in [5.41, 5.74) is 1.70. The largest absolute Gasteiger partial charge is 0.496 e. The van der Waals surface area contributed by atoms with Crippen LogP contribution in [0.15, 0.2) is 18.2 Å². The molecule has 1 N–H and O–H groups in total. The molecule has 3 nitrogen and oxygen atoms in total. The zero-order valence-corrected chi connectivity index (χ0v) is 8.36. The van der Waals surface area contributed by atoms with Gasteiger partial charge in [-0.2, -0.15) is 0 Å². The van der Waals surface area contributed by atoms with Crippen molar-refractivity contribution in [3.8, 4) is 5.75 Å². The quantitative estimate of drug-likeness (QED) is 0.741. The fourth-order valence-electron chi connectivity index (χ4n) is 1.34. The number of aryl methyl sites for hydroxylation is 1. The molecule has 3 heteroatoms. The fourth-order valence-corrected chi connectivity index (χ4v) is 1.34. The predicted molar refractivity (Wildman–Crippen MR) is 53.4 cm³/mol. The normalized spacial score (nSPS) is 12.2. The number of methoxy groups -OCH3 is 1. The predicted octanol–water partition coefficient (Wildman–Crippen LogP) is 1.63. The van der Waals surface area contributed by atoms with E-state index >= 15 is 0 Å². The lowest BCUT2D eigenvalue weighted by atomic mass is 10.0. The van der Waals surface area contributed by atoms with Crippen molar-refractivity contribution in [1.82, 2.24) is 0 Å². The third-order valence-electron chi connectivity index (χ3n) is 2.12. The minimum Gasteiger partial charge on any atom is -0.496 e. The smallest absolute Gasteiger partial charge is 0.122 e. The van der Waals surface area contributed by atoms with Gasteiger partial charge >= 0.3 is 0 Å². The molecule has 14 heavy (non-hydrogen) atoms. The van der Waals surface area contributed by atoms with Crippen LogP contribution in [0.2, 0.25) is 0 Å². The minimum atomic E-state index is -0.711. The number of aliphatic hydroxyl groups is 1. The van der Waals surface area contributed by atoms with Gasteiger partial charge in [0.15, 0.2) is 0 Å². The first-order chi connectivity index (χ1) is 6.69. The molecule has 0 amide bonds. The van der Waals surface area contributed by atoms with Crippen LogP contribution in [0.4, 0.5) is 0 Å². The zero-order valence-electron chi connectivity index (χ0n) is 8.36. The van der Waals surface area contributed by atoms with Crippen molar-refractivity contribution in [3.63, 3.8) is 0 Å². The van der Waals surface area contributed by atoms with Crippen LogP contribution in [0.25, 0.3) is 0 Å². The molecular formula is C11H14O3. The highest BCUT2D eigenvalue weighted by molar-refractivity contribution is 5.51. The van der Waals surface area contributed by atoms with Crippen molar-refractivity contribution in [2.24, 2.45) is 0 Å². The van der Waals surface area contributed by atoms with Crippen molar-refractivity contribution in [3.05, 3.63) is 29.3 Å². The van der Waals surface area contributed by atoms with Crippen LogP contribution >= 0.6 is 0 Å². The number of hydrogen-bond donors (Lipinski definition) is 1. The average molecular weight is 194 g/mol. The number of hydrogen-bond acceptors (Lipinski definition) is 3. The van der Waals surface area contributed by atoms with E-state index < -0.39 is 6.10 Å². The molecule has 0 saturated heterocycles. The molecule has 1 unspecified atom stereocenters. The molecule has 1 aromatic carbocycles. The minimum absolute atomic E-state index is 0.131. The first-order valence-corrected chi connectivity index (χ1v) is 4.45. The van der Waals surface area contributed by atoms with Gasteiger partial charge in [0.25, 0.3) is 0 Å². The van der Waals surface area contributed by atoms with Gasteiger partial charge in [0.1, 0.15) is 12.0 Å². The zero-order chi connectivity index (χ0) is 10.6. The van der Waals surface area contributed by atoms with E-state index in [2.05, 4.69) is 0 Å². The van der Waals surface area contributed by atoms with Crippen LogP contribution < -0.4 is 4.74 Å². The van der Waals surface area contributed by atoms with Crippen LogP contribution in [0.5, 0.6) is 5.75 Å². The molecule has 0 aliphatic rings. The molecule has 0 radical (unpaired) electrons. The highest BCUT2D eigenvalue weighted by Crippen LogP contribution is 2.23. The number of aldehydes is 1. The maximum Gasteiger partial charge on any atom is 0.122 e. The van der Waals surface area contributed by atoms with Gasteiger partial charge in [-0.3, -0.25) is 0 Å². The lowest BCUT2D eigenvalue weighted by Gasteiger charge is -2.10. The molecule has 0 bridgehead atoms. The molecule has 0 aromatic heterocycles. The van der Waals surface area contributed by atoms with Crippen molar-refractivity contribution in [1.29, 1.82) is 0 Å². The Hall–Kier alpha value is -1.35. The Labute approximate surface area is 83.3 Å². The van der Waals surface area contributed by atoms with Gasteiger partial charge in [-0.15, -0.1) is 0 Å². The van der Waals surface area contributed by atoms with Crippen LogP contribution in [0.1, 0.15) is 23.7 Å². The Balaban J connectivity index is 2.90. The molecule has 76 valence electrons. The van der Waals surface area contributed by atoms with Crippen LogP contribution in [0, 0.1) is 6.92 Å². The van der Waals surface area contributed by atoms with Crippen LogP contribution in [0.3, 0.4) is 0 Å². The number of carbonyl (C=O) groups is 1. The lowest BCUT2D eigenvalue weighted by Crippen LogP contribution is -1.99. The summed E-state index contributed by atoms with van der Waals surface area (Å²) >= 11 is 0. The third kappa shape index (κ3) is 2.33. The highest BCUT2D eigenvalue weighted by atomic mass is 16.5. The SMILES string of the molecule is COc1ccc(C(O)CC=O)cc1C. The summed E-state index contributed by atoms with van der Waals surface area (Å²) in [5, 5.41) is 9.54. The van der Waals surface area contributed by atoms with Gasteiger partial charge in [0.2, 0.25) is 0 Å². The van der Waals surface area contributed by atoms with Gasteiger partial charge in [-0.1, -0.05) is 6.07 Å². The Bertz CT molecular complexity index is 320. The molecule has 0 spiro atoms. The maximum atomic E-state index is 10.2. The second kappa shape index (κ2) is 4.77. The molecule has 1 atom stereocenters. The monoisotopic (exact) mass is 194 g/mol. The van der Waals surface area contributed by atoms with Gasteiger partial charge in [-0.05, 0) is 30.2 Å². The van der Waals surface area contributed by atoms with E-state index in [0.29, 0.717) is 6.29 Å². The Kier molecular flexibility index (Phi) is 3.65. The van der Waals surface area contributed by atoms with E-state index in [1.54, 1.807) is 19.2 Å². The van der Waals surface area contributed by atoms with Crippen molar-refractivity contribution < 1.29 is 14.6 Å². The van der Waals surface area contributed by atoms with E-state index in [9.17, 15) is 9.90 Å². The number of benzene rings is 1. The lowest BCUT2D eigenvalue weighted by molar-refractivity contribution is -0.109. The molecule has 0 saturated carbocycles. The van der Waals surface area contributed by atoms with E-state index in [4.69, 9.17) is 4.74 Å². The van der Waals surface area contributed by atoms with E-state index in [1.165, 1.54) is 0 Å². The van der Waals surface area contributed by atoms with E-state index in [1.807, 2.05) is 13.0 Å². The topological polar surface area (TPSA) is 46.5 Å². The first-order valence-electron chi connectivity index (χ1n) is 4.45. The van der Waals surface area contributed by atoms with Crippen LogP contribution in [-0.4, -0.2) is 18.5 Å². The molecule has 1 rings (SSSR count). The van der Waals surface area contributed by atoms with E-state index in [-0.39, 0.29) is 6.42 Å². The number of carbonyl (C=O) groups excluding carboxylic acids is 1. The fraction of sp³-hybridized carbons (Fsp3) is 0.364. The van der Waals surface area contributed by atoms with Crippen molar-refractivity contribution >= 4 is 6.29 Å². The molecule has 0 aliphatic carbocycles. The summed E-state index contributed by atoms with van der Waals surface area (Å²) in [6.07, 6.45) is 0.132. The second-order valence-corrected chi connectivity index (χ2v) is 3.15. The van der Waals surface area contributed by atoms with Crippen molar-refractivity contribution in [2.45, 2.75) is 19.4 Å². The standard InChI is InChI=1S/C11H14O3/c1-8-7-9(10(13)5-6-12)3-4-11(8)14-2/h3-4,6-7,10,13H,5H2,1-2H3. The van der Waals surface area contributed by atoms with Gasteiger partial charge < -0.3 is 14.6 Å². The molecule has 0 aliphatic heterocycles. The summed E-state index contributed by atoms with van der Waals surface area (Å²) in [7, 11) is 1.60. The summed E-state index contributed by atoms with van der Waals surface area (Å²) < 4.78 is 5.09. The van der Waals surface area contributed by atoms with Gasteiger partial charge in [0, 0.05) is 6.42 Å². The van der Waals surface area contributed by atoms with Gasteiger partial charge in [-0.25, -0.2) is 0 Å². The highest BCUT2D eigenvalue weighted by Gasteiger charge is 2.08. The summed E-state index contributed by atoms with van der Waals surface area (Å²) in [6.45, 7) is 1.90. The molecule has 1 aromatic rings. The molecular weight excluding hydrogens is 180 g/mol. The third-order valence-corrected chi connectivity index (χ3v) is 2.12. The number of rotatable bonds is 4. The summed E-state index contributed by atoms with van der Waals surface area (Å²) in [4.78, 5) is 10.2. The first kappa shape index (κ1) is 10.7. The molecule has 0 heterocycles. The maximum absolute atomic E-state index is 10.2. The van der Waals surface area contributed by atoms with Crippen LogP contribution in [-0.2, 0) is 4.79 Å². The summed E-state index contributed by atoms with van der Waals surface area (Å²) in [5.74, 6) is 0.784. The Morgan fingerprint density at radius 1 is 1.57 bits per heavy atom. The summed E-state index contributed by atoms with van der Waals surface area (Å²) in [6, 6.07) is 5.38.